The molecule has 0 spiro atoms. The molecule has 15 heavy (non-hydrogen) atoms. The lowest BCUT2D eigenvalue weighted by atomic mass is 10.1. The number of hydrogen-bond donors (Lipinski definition) is 0. The zero-order valence-electron chi connectivity index (χ0n) is 9.34. The van der Waals surface area contributed by atoms with Crippen LogP contribution in [0.1, 0.15) is 33.1 Å². The normalized spacial score (nSPS) is 10.9. The summed E-state index contributed by atoms with van der Waals surface area (Å²) in [5.41, 5.74) is 0. The predicted molar refractivity (Wildman–Crippen MR) is 64.9 cm³/mol. The fourth-order valence-corrected chi connectivity index (χ4v) is 1.01. The van der Waals surface area contributed by atoms with Crippen LogP contribution in [0.2, 0.25) is 0 Å². The first-order chi connectivity index (χ1) is 6.85. The molecule has 88 valence electrons. The summed E-state index contributed by atoms with van der Waals surface area (Å²) in [5, 5.41) is 0. The molecule has 0 radical (unpaired) electrons. The molecular formula is C10H17IO4. The number of hydrogen-bond acceptors (Lipinski definition) is 4. The topological polar surface area (TPSA) is 52.6 Å². The highest BCUT2D eigenvalue weighted by atomic mass is 127. The third-order valence-corrected chi connectivity index (χ3v) is 2.26. The minimum Gasteiger partial charge on any atom is -0.469 e. The quantitative estimate of drug-likeness (QED) is 0.426. The van der Waals surface area contributed by atoms with Crippen LogP contribution in [0.25, 0.3) is 0 Å². The van der Waals surface area contributed by atoms with Crippen molar-refractivity contribution in [3.63, 3.8) is 0 Å². The first-order valence-electron chi connectivity index (χ1n) is 4.76. The number of esters is 2. The minimum absolute atomic E-state index is 0.0863. The molecule has 0 aromatic rings. The van der Waals surface area contributed by atoms with Crippen molar-refractivity contribution in [3.8, 4) is 0 Å². The maximum Gasteiger partial charge on any atom is 0.306 e. The van der Waals surface area contributed by atoms with E-state index in [9.17, 15) is 9.59 Å². The number of carbonyl (C=O) groups excluding carboxylic acids is 2. The van der Waals surface area contributed by atoms with Gasteiger partial charge in [0.15, 0.2) is 0 Å². The molecule has 4 nitrogen and oxygen atoms in total. The van der Waals surface area contributed by atoms with Crippen LogP contribution in [0.5, 0.6) is 0 Å². The van der Waals surface area contributed by atoms with Gasteiger partial charge in [0.05, 0.1) is 26.6 Å². The molecule has 0 N–H and O–H groups in total. The van der Waals surface area contributed by atoms with Crippen molar-refractivity contribution in [2.75, 3.05) is 13.7 Å². The van der Waals surface area contributed by atoms with Gasteiger partial charge < -0.3 is 9.47 Å². The van der Waals surface area contributed by atoms with Gasteiger partial charge in [0.2, 0.25) is 0 Å². The van der Waals surface area contributed by atoms with Crippen molar-refractivity contribution < 1.29 is 19.1 Å². The van der Waals surface area contributed by atoms with Crippen molar-refractivity contribution in [2.24, 2.45) is 0 Å². The maximum absolute atomic E-state index is 11.1. The van der Waals surface area contributed by atoms with E-state index >= 15 is 0 Å². The number of ether oxygens (including phenoxy) is 2. The molecule has 0 saturated carbocycles. The van der Waals surface area contributed by atoms with Crippen molar-refractivity contribution in [3.05, 3.63) is 0 Å². The molecule has 0 bridgehead atoms. The van der Waals surface area contributed by atoms with Gasteiger partial charge in [-0.2, -0.15) is 0 Å². The van der Waals surface area contributed by atoms with Gasteiger partial charge in [-0.15, -0.1) is 0 Å². The van der Waals surface area contributed by atoms with Gasteiger partial charge in [-0.1, -0.05) is 36.4 Å². The van der Waals surface area contributed by atoms with Gasteiger partial charge in [-0.05, 0) is 6.42 Å². The van der Waals surface area contributed by atoms with Crippen LogP contribution in [0, 0.1) is 0 Å². The zero-order valence-corrected chi connectivity index (χ0v) is 11.5. The molecule has 0 amide bonds. The van der Waals surface area contributed by atoms with Crippen LogP contribution in [-0.2, 0) is 19.1 Å². The van der Waals surface area contributed by atoms with Crippen molar-refractivity contribution >= 4 is 34.5 Å². The first kappa shape index (κ1) is 14.7. The van der Waals surface area contributed by atoms with Gasteiger partial charge >= 0.3 is 11.9 Å². The molecule has 0 aliphatic heterocycles. The van der Waals surface area contributed by atoms with E-state index < -0.39 is 0 Å². The molecule has 0 aromatic heterocycles. The summed E-state index contributed by atoms with van der Waals surface area (Å²) in [6.45, 7) is 4.53. The lowest BCUT2D eigenvalue weighted by molar-refractivity contribution is -0.149. The van der Waals surface area contributed by atoms with Crippen molar-refractivity contribution in [1.29, 1.82) is 0 Å². The van der Waals surface area contributed by atoms with Gasteiger partial charge in [0, 0.05) is 3.42 Å². The van der Waals surface area contributed by atoms with E-state index in [1.807, 2.05) is 0 Å². The molecule has 0 atom stereocenters. The van der Waals surface area contributed by atoms with E-state index in [0.717, 1.165) is 6.42 Å². The van der Waals surface area contributed by atoms with E-state index in [4.69, 9.17) is 4.74 Å². The fraction of sp³-hybridized carbons (Fsp3) is 0.800. The molecule has 0 fully saturated rings. The predicted octanol–water partition coefficient (Wildman–Crippen LogP) is 2.09. The lowest BCUT2D eigenvalue weighted by Gasteiger charge is -2.15. The first-order valence-corrected chi connectivity index (χ1v) is 5.84. The van der Waals surface area contributed by atoms with Gasteiger partial charge in [-0.3, -0.25) is 9.59 Å². The van der Waals surface area contributed by atoms with E-state index in [2.05, 4.69) is 41.2 Å². The largest absolute Gasteiger partial charge is 0.469 e. The highest BCUT2D eigenvalue weighted by molar-refractivity contribution is 14.1. The van der Waals surface area contributed by atoms with Gasteiger partial charge in [0.25, 0.3) is 0 Å². The van der Waals surface area contributed by atoms with E-state index in [-0.39, 0.29) is 28.2 Å². The van der Waals surface area contributed by atoms with Gasteiger partial charge in [0.1, 0.15) is 0 Å². The standard InChI is InChI=1S/C10H17IO4/c1-10(2,11)6-7-15-9(13)5-4-8(12)14-3/h4-7H2,1-3H3. The smallest absolute Gasteiger partial charge is 0.306 e. The van der Waals surface area contributed by atoms with Crippen LogP contribution in [0.15, 0.2) is 0 Å². The molecule has 0 saturated heterocycles. The molecule has 0 aromatic carbocycles. The SMILES string of the molecule is COC(=O)CCC(=O)OCCC(C)(C)I. The average Bonchev–Trinajstić information content (AvgIpc) is 2.12. The van der Waals surface area contributed by atoms with Crippen LogP contribution < -0.4 is 0 Å². The van der Waals surface area contributed by atoms with Crippen LogP contribution in [0.3, 0.4) is 0 Å². The van der Waals surface area contributed by atoms with E-state index in [0.29, 0.717) is 6.61 Å². The third kappa shape index (κ3) is 9.96. The Bertz CT molecular complexity index is 220. The second-order valence-electron chi connectivity index (χ2n) is 3.77. The Morgan fingerprint density at radius 1 is 1.20 bits per heavy atom. The summed E-state index contributed by atoms with van der Waals surface area (Å²) in [5.74, 6) is -0.734. The summed E-state index contributed by atoms with van der Waals surface area (Å²) < 4.78 is 9.50. The number of rotatable bonds is 6. The molecule has 0 aliphatic carbocycles. The summed E-state index contributed by atoms with van der Waals surface area (Å²) in [7, 11) is 1.30. The monoisotopic (exact) mass is 328 g/mol. The number of alkyl halides is 1. The fourth-order valence-electron chi connectivity index (χ4n) is 0.786. The summed E-state index contributed by atoms with van der Waals surface area (Å²) in [6, 6.07) is 0. The third-order valence-electron chi connectivity index (χ3n) is 1.72. The molecular weight excluding hydrogens is 311 g/mol. The van der Waals surface area contributed by atoms with Crippen molar-refractivity contribution in [2.45, 2.75) is 36.5 Å². The zero-order chi connectivity index (χ0) is 11.9. The van der Waals surface area contributed by atoms with Crippen LogP contribution in [-0.4, -0.2) is 29.1 Å². The Morgan fingerprint density at radius 3 is 2.20 bits per heavy atom. The van der Waals surface area contributed by atoms with E-state index in [1.165, 1.54) is 7.11 Å². The number of carbonyl (C=O) groups is 2. The Kier molecular flexibility index (Phi) is 6.87. The highest BCUT2D eigenvalue weighted by Gasteiger charge is 2.14. The summed E-state index contributed by atoms with van der Waals surface area (Å²) in [4.78, 5) is 21.8. The lowest BCUT2D eigenvalue weighted by Crippen LogP contribution is -2.16. The second kappa shape index (κ2) is 7.03. The minimum atomic E-state index is -0.388. The molecule has 0 unspecified atom stereocenters. The van der Waals surface area contributed by atoms with E-state index in [1.54, 1.807) is 0 Å². The Hall–Kier alpha value is -0.330. The number of methoxy groups -OCH3 is 1. The van der Waals surface area contributed by atoms with Crippen LogP contribution >= 0.6 is 22.6 Å². The molecule has 0 rings (SSSR count). The second-order valence-corrected chi connectivity index (χ2v) is 6.69. The maximum atomic E-state index is 11.1. The Balaban J connectivity index is 3.54. The molecule has 5 heteroatoms. The van der Waals surface area contributed by atoms with Crippen LogP contribution in [0.4, 0.5) is 0 Å². The molecule has 0 heterocycles. The number of halogens is 1. The van der Waals surface area contributed by atoms with Gasteiger partial charge in [-0.25, -0.2) is 0 Å². The Morgan fingerprint density at radius 2 is 1.73 bits per heavy atom. The highest BCUT2D eigenvalue weighted by Crippen LogP contribution is 2.20. The average molecular weight is 328 g/mol. The molecule has 0 aliphatic rings. The van der Waals surface area contributed by atoms with Crippen molar-refractivity contribution in [1.82, 2.24) is 0 Å². The Labute approximate surface area is 104 Å². The summed E-state index contributed by atoms with van der Waals surface area (Å²) >= 11 is 2.30. The summed E-state index contributed by atoms with van der Waals surface area (Å²) in [6.07, 6.45) is 0.981.